The van der Waals surface area contributed by atoms with Gasteiger partial charge in [-0.2, -0.15) is 14.7 Å². The molecule has 2 aromatic heterocycles. The molecule has 3 heterocycles. The Balaban J connectivity index is 1.44. The fraction of sp³-hybridized carbons (Fsp3) is 0.188. The highest BCUT2D eigenvalue weighted by atomic mass is 35.5. The Labute approximate surface area is 247 Å². The summed E-state index contributed by atoms with van der Waals surface area (Å²) in [7, 11) is 0. The Morgan fingerprint density at radius 3 is 2.71 bits per heavy atom. The van der Waals surface area contributed by atoms with Gasteiger partial charge in [-0.1, -0.05) is 55.3 Å². The van der Waals surface area contributed by atoms with E-state index >= 15 is 0 Å². The third kappa shape index (κ3) is 5.32. The molecule has 1 aliphatic rings. The van der Waals surface area contributed by atoms with Gasteiger partial charge in [-0.05, 0) is 70.8 Å². The number of carbonyl (C=O) groups is 1. The first-order valence-electron chi connectivity index (χ1n) is 13.6. The van der Waals surface area contributed by atoms with E-state index in [-0.39, 0.29) is 17.7 Å². The van der Waals surface area contributed by atoms with Crippen molar-refractivity contribution in [3.8, 4) is 34.0 Å². The van der Waals surface area contributed by atoms with E-state index in [0.717, 1.165) is 33.4 Å². The molecule has 3 aromatic carbocycles. The molecule has 0 saturated heterocycles. The van der Waals surface area contributed by atoms with Crippen LogP contribution in [-0.2, 0) is 4.79 Å². The number of benzene rings is 3. The maximum Gasteiger partial charge on any atom is 0.227 e. The van der Waals surface area contributed by atoms with E-state index in [1.165, 1.54) is 11.0 Å². The molecule has 5 aromatic rings. The summed E-state index contributed by atoms with van der Waals surface area (Å²) in [5.41, 5.74) is 6.48. The summed E-state index contributed by atoms with van der Waals surface area (Å²) in [5.74, 6) is -0.537. The maximum atomic E-state index is 13.7. The zero-order valence-corrected chi connectivity index (χ0v) is 23.5. The zero-order chi connectivity index (χ0) is 29.2. The number of amides is 1. The van der Waals surface area contributed by atoms with Crippen LogP contribution in [0.3, 0.4) is 0 Å². The zero-order valence-electron chi connectivity index (χ0n) is 22.7. The van der Waals surface area contributed by atoms with Gasteiger partial charge in [0, 0.05) is 39.4 Å². The van der Waals surface area contributed by atoms with E-state index in [2.05, 4.69) is 33.0 Å². The van der Waals surface area contributed by atoms with Crippen molar-refractivity contribution in [1.82, 2.24) is 20.2 Å². The predicted octanol–water partition coefficient (Wildman–Crippen LogP) is 6.05. The number of hydrogen-bond acceptors (Lipinski definition) is 6. The average molecular weight is 576 g/mol. The van der Waals surface area contributed by atoms with Crippen LogP contribution in [-0.4, -0.2) is 26.1 Å². The van der Waals surface area contributed by atoms with Crippen LogP contribution in [0.5, 0.6) is 0 Å². The molecule has 1 aliphatic heterocycles. The maximum absolute atomic E-state index is 13.7. The molecule has 1 amide bonds. The number of carbonyl (C=O) groups excluding carboxylic acids is 1. The normalized spacial score (nSPS) is 16.8. The Hall–Kier alpha value is -5.07. The molecule has 6 rings (SSSR count). The lowest BCUT2D eigenvalue weighted by molar-refractivity contribution is -0.614. The number of hydrogen-bond donors (Lipinski definition) is 1. The molecule has 42 heavy (non-hydrogen) atoms. The standard InChI is InChI=1S/C32H26ClN7O2/c1-20-4-2-7-27(23-6-3-5-22(15-23)26-11-8-21(17-34)14-29(26)36-32(20)41)31-12-9-24(18-40(31)42)28-16-25(33)10-13-30(28)39-19-35-37-38-39/h3,5-6,8-16,18-20,27H,2,4,7H2,1H3,(H,36,41). The number of nitrogens with zero attached hydrogens (tertiary/aromatic N) is 6. The monoisotopic (exact) mass is 575 g/mol. The minimum Gasteiger partial charge on any atom is -0.618 e. The van der Waals surface area contributed by atoms with Crippen molar-refractivity contribution >= 4 is 23.2 Å². The van der Waals surface area contributed by atoms with Gasteiger partial charge in [0.25, 0.3) is 0 Å². The van der Waals surface area contributed by atoms with E-state index in [1.807, 2.05) is 49.4 Å². The molecule has 2 unspecified atom stereocenters. The van der Waals surface area contributed by atoms with E-state index < -0.39 is 0 Å². The largest absolute Gasteiger partial charge is 0.618 e. The Morgan fingerprint density at radius 2 is 1.93 bits per heavy atom. The number of halogens is 1. The van der Waals surface area contributed by atoms with Crippen LogP contribution >= 0.6 is 11.6 Å². The number of rotatable bonds is 3. The van der Waals surface area contributed by atoms with E-state index in [4.69, 9.17) is 11.6 Å². The van der Waals surface area contributed by atoms with Gasteiger partial charge >= 0.3 is 0 Å². The second-order valence-corrected chi connectivity index (χ2v) is 10.9. The number of nitrogens with one attached hydrogen (secondary N) is 1. The number of nitriles is 1. The van der Waals surface area contributed by atoms with Gasteiger partial charge in [0.2, 0.25) is 5.91 Å². The lowest BCUT2D eigenvalue weighted by Crippen LogP contribution is -2.34. The summed E-state index contributed by atoms with van der Waals surface area (Å²) in [6.45, 7) is 1.90. The van der Waals surface area contributed by atoms with Crippen molar-refractivity contribution in [1.29, 1.82) is 5.26 Å². The summed E-state index contributed by atoms with van der Waals surface area (Å²) in [6.07, 6.45) is 5.14. The molecule has 0 spiro atoms. The van der Waals surface area contributed by atoms with Gasteiger partial charge in [0.05, 0.1) is 23.2 Å². The van der Waals surface area contributed by atoms with E-state index in [9.17, 15) is 15.3 Å². The SMILES string of the molecule is CC1CCCC(c2ccc(-c3cc(Cl)ccc3-n3cnnn3)c[n+]2[O-])c2cccc(c2)-c2ccc(C#N)cc2NC1=O. The molecule has 1 N–H and O–H groups in total. The summed E-state index contributed by atoms with van der Waals surface area (Å²) in [4.78, 5) is 13.1. The number of tetrazole rings is 1. The molecule has 208 valence electrons. The highest BCUT2D eigenvalue weighted by molar-refractivity contribution is 6.31. The van der Waals surface area contributed by atoms with Crippen LogP contribution in [0.1, 0.15) is 48.9 Å². The fourth-order valence-electron chi connectivity index (χ4n) is 5.52. The molecule has 0 fully saturated rings. The molecular weight excluding hydrogens is 550 g/mol. The van der Waals surface area contributed by atoms with Crippen molar-refractivity contribution in [3.05, 3.63) is 112 Å². The Kier molecular flexibility index (Phi) is 7.38. The predicted molar refractivity (Wildman–Crippen MR) is 159 cm³/mol. The van der Waals surface area contributed by atoms with Crippen LogP contribution in [0.15, 0.2) is 85.3 Å². The van der Waals surface area contributed by atoms with E-state index in [0.29, 0.717) is 46.1 Å². The van der Waals surface area contributed by atoms with Crippen molar-refractivity contribution in [2.45, 2.75) is 32.1 Å². The van der Waals surface area contributed by atoms with Gasteiger partial charge in [-0.3, -0.25) is 4.79 Å². The Morgan fingerprint density at radius 1 is 1.05 bits per heavy atom. The molecule has 0 saturated carbocycles. The van der Waals surface area contributed by atoms with Gasteiger partial charge in [0.15, 0.2) is 11.9 Å². The van der Waals surface area contributed by atoms with Gasteiger partial charge < -0.3 is 10.5 Å². The highest BCUT2D eigenvalue weighted by Gasteiger charge is 2.26. The molecule has 2 atom stereocenters. The van der Waals surface area contributed by atoms with Gasteiger partial charge in [-0.15, -0.1) is 5.10 Å². The first-order chi connectivity index (χ1) is 20.4. The highest BCUT2D eigenvalue weighted by Crippen LogP contribution is 2.36. The minimum absolute atomic E-state index is 0.0947. The molecular formula is C32H26ClN7O2. The van der Waals surface area contributed by atoms with E-state index in [1.54, 1.807) is 30.5 Å². The quantitative estimate of drug-likeness (QED) is 0.206. The van der Waals surface area contributed by atoms with Crippen LogP contribution in [0, 0.1) is 22.5 Å². The van der Waals surface area contributed by atoms with Crippen LogP contribution in [0.4, 0.5) is 5.69 Å². The molecule has 0 aliphatic carbocycles. The van der Waals surface area contributed by atoms with Crippen LogP contribution in [0.25, 0.3) is 27.9 Å². The van der Waals surface area contributed by atoms with Crippen molar-refractivity contribution in [2.75, 3.05) is 5.32 Å². The van der Waals surface area contributed by atoms with Crippen molar-refractivity contribution in [2.24, 2.45) is 5.92 Å². The number of anilines is 1. The minimum atomic E-state index is -0.240. The summed E-state index contributed by atoms with van der Waals surface area (Å²) >= 11 is 6.33. The molecule has 0 radical (unpaired) electrons. The average Bonchev–Trinajstić information content (AvgIpc) is 3.54. The topological polar surface area (TPSA) is 123 Å². The summed E-state index contributed by atoms with van der Waals surface area (Å²) < 4.78 is 2.45. The van der Waals surface area contributed by atoms with Gasteiger partial charge in [0.1, 0.15) is 6.33 Å². The summed E-state index contributed by atoms with van der Waals surface area (Å²) in [6, 6.07) is 24.6. The van der Waals surface area contributed by atoms with Crippen molar-refractivity contribution < 1.29 is 9.52 Å². The van der Waals surface area contributed by atoms with Crippen LogP contribution < -0.4 is 10.0 Å². The molecule has 9 nitrogen and oxygen atoms in total. The van der Waals surface area contributed by atoms with Gasteiger partial charge in [-0.25, -0.2) is 0 Å². The third-order valence-electron chi connectivity index (χ3n) is 7.75. The first kappa shape index (κ1) is 27.1. The fourth-order valence-corrected chi connectivity index (χ4v) is 5.70. The molecule has 10 heteroatoms. The summed E-state index contributed by atoms with van der Waals surface area (Å²) in [5, 5.41) is 38.2. The number of fused-ring (bicyclic) bond motifs is 4. The second kappa shape index (κ2) is 11.4. The second-order valence-electron chi connectivity index (χ2n) is 10.5. The lowest BCUT2D eigenvalue weighted by atomic mass is 9.86. The first-order valence-corrected chi connectivity index (χ1v) is 14.0. The molecule has 2 bridgehead atoms. The number of aromatic nitrogens is 5. The van der Waals surface area contributed by atoms with Crippen LogP contribution in [0.2, 0.25) is 5.02 Å². The third-order valence-corrected chi connectivity index (χ3v) is 7.99. The smallest absolute Gasteiger partial charge is 0.227 e. The Bertz CT molecular complexity index is 1830. The van der Waals surface area contributed by atoms with Crippen molar-refractivity contribution in [3.63, 3.8) is 0 Å². The number of pyridine rings is 1. The lowest BCUT2D eigenvalue weighted by Gasteiger charge is -2.22.